The summed E-state index contributed by atoms with van der Waals surface area (Å²) in [5, 5.41) is 12.0. The molecule has 0 aliphatic carbocycles. The van der Waals surface area contributed by atoms with Crippen LogP contribution < -0.4 is 10.9 Å². The van der Waals surface area contributed by atoms with Gasteiger partial charge in [0.2, 0.25) is 0 Å². The summed E-state index contributed by atoms with van der Waals surface area (Å²) in [6.07, 6.45) is 2.15. The number of nitrogens with one attached hydrogen (secondary N) is 3. The van der Waals surface area contributed by atoms with Gasteiger partial charge in [0.1, 0.15) is 16.6 Å². The van der Waals surface area contributed by atoms with Crippen LogP contribution >= 0.6 is 0 Å². The van der Waals surface area contributed by atoms with Crippen LogP contribution in [0.25, 0.3) is 11.0 Å². The number of fused-ring (bicyclic) bond motifs is 1. The standard InChI is InChI=1S/C13H18N4O4/c1-13(2,3)21-12(20)17-8(5-18)7-4-14-10-9(7)15-6-16-11(10)19/h4,6,8,14,18H,5H2,1-3H3,(H,17,20)(H,15,16,19). The van der Waals surface area contributed by atoms with E-state index >= 15 is 0 Å². The first kappa shape index (κ1) is 15.0. The van der Waals surface area contributed by atoms with Crippen LogP contribution in [0.15, 0.2) is 17.3 Å². The van der Waals surface area contributed by atoms with E-state index in [9.17, 15) is 14.7 Å². The summed E-state index contributed by atoms with van der Waals surface area (Å²) >= 11 is 0. The number of aliphatic hydroxyl groups excluding tert-OH is 1. The number of aromatic nitrogens is 3. The third-order valence-corrected chi connectivity index (χ3v) is 2.75. The van der Waals surface area contributed by atoms with Crippen molar-refractivity contribution in [2.24, 2.45) is 0 Å². The number of carbonyl (C=O) groups is 1. The zero-order chi connectivity index (χ0) is 15.6. The zero-order valence-corrected chi connectivity index (χ0v) is 12.1. The number of hydrogen-bond donors (Lipinski definition) is 4. The van der Waals surface area contributed by atoms with E-state index < -0.39 is 17.7 Å². The van der Waals surface area contributed by atoms with E-state index in [2.05, 4.69) is 20.3 Å². The third kappa shape index (κ3) is 3.40. The van der Waals surface area contributed by atoms with Crippen molar-refractivity contribution < 1.29 is 14.6 Å². The van der Waals surface area contributed by atoms with Crippen LogP contribution in [0.1, 0.15) is 32.4 Å². The predicted octanol–water partition coefficient (Wildman–Crippen LogP) is 0.809. The van der Waals surface area contributed by atoms with Gasteiger partial charge < -0.3 is 25.1 Å². The van der Waals surface area contributed by atoms with Crippen molar-refractivity contribution >= 4 is 17.1 Å². The fraction of sp³-hybridized carbons (Fsp3) is 0.462. The second-order valence-corrected chi connectivity index (χ2v) is 5.58. The minimum absolute atomic E-state index is 0.289. The first-order valence-electron chi connectivity index (χ1n) is 6.47. The number of H-pyrrole nitrogens is 2. The summed E-state index contributed by atoms with van der Waals surface area (Å²) in [5.41, 5.74) is 0.246. The Bertz CT molecular complexity index is 698. The molecule has 2 heterocycles. The van der Waals surface area contributed by atoms with E-state index in [1.165, 1.54) is 12.5 Å². The molecule has 0 saturated heterocycles. The molecule has 8 heteroatoms. The van der Waals surface area contributed by atoms with Crippen LogP contribution in [0.5, 0.6) is 0 Å². The van der Waals surface area contributed by atoms with Crippen LogP contribution in [0, 0.1) is 0 Å². The van der Waals surface area contributed by atoms with Crippen molar-refractivity contribution in [1.82, 2.24) is 20.3 Å². The number of aliphatic hydroxyl groups is 1. The average molecular weight is 294 g/mol. The van der Waals surface area contributed by atoms with E-state index in [1.54, 1.807) is 20.8 Å². The van der Waals surface area contributed by atoms with Gasteiger partial charge >= 0.3 is 6.09 Å². The highest BCUT2D eigenvalue weighted by Crippen LogP contribution is 2.20. The Morgan fingerprint density at radius 1 is 1.48 bits per heavy atom. The quantitative estimate of drug-likeness (QED) is 0.667. The van der Waals surface area contributed by atoms with Gasteiger partial charge in [-0.25, -0.2) is 9.78 Å². The fourth-order valence-electron chi connectivity index (χ4n) is 1.91. The Morgan fingerprint density at radius 2 is 2.19 bits per heavy atom. The maximum Gasteiger partial charge on any atom is 0.408 e. The highest BCUT2D eigenvalue weighted by molar-refractivity contribution is 5.79. The molecular formula is C13H18N4O4. The van der Waals surface area contributed by atoms with Crippen LogP contribution in [-0.4, -0.2) is 38.4 Å². The molecule has 0 saturated carbocycles. The van der Waals surface area contributed by atoms with Crippen LogP contribution in [-0.2, 0) is 4.74 Å². The maximum atomic E-state index is 11.8. The Labute approximate surface area is 120 Å². The molecule has 1 amide bonds. The zero-order valence-electron chi connectivity index (χ0n) is 12.1. The van der Waals surface area contributed by atoms with Crippen LogP contribution in [0.3, 0.4) is 0 Å². The van der Waals surface area contributed by atoms with E-state index in [-0.39, 0.29) is 17.7 Å². The van der Waals surface area contributed by atoms with Crippen molar-refractivity contribution in [3.63, 3.8) is 0 Å². The summed E-state index contributed by atoms with van der Waals surface area (Å²) < 4.78 is 5.14. The average Bonchev–Trinajstić information content (AvgIpc) is 2.79. The van der Waals surface area contributed by atoms with E-state index in [4.69, 9.17) is 4.74 Å². The predicted molar refractivity (Wildman–Crippen MR) is 75.9 cm³/mol. The number of aromatic amines is 2. The van der Waals surface area contributed by atoms with Crippen molar-refractivity contribution in [3.05, 3.63) is 28.4 Å². The number of nitrogens with zero attached hydrogens (tertiary/aromatic N) is 1. The summed E-state index contributed by atoms with van der Waals surface area (Å²) in [6.45, 7) is 4.88. The minimum atomic E-state index is -0.720. The number of amides is 1. The third-order valence-electron chi connectivity index (χ3n) is 2.75. The smallest absolute Gasteiger partial charge is 0.408 e. The van der Waals surface area contributed by atoms with Crippen molar-refractivity contribution in [1.29, 1.82) is 0 Å². The molecule has 0 spiro atoms. The molecule has 0 aliphatic rings. The Kier molecular flexibility index (Phi) is 3.99. The fourth-order valence-corrected chi connectivity index (χ4v) is 1.91. The molecule has 4 N–H and O–H groups in total. The Hall–Kier alpha value is -2.35. The van der Waals surface area contributed by atoms with Gasteiger partial charge in [-0.1, -0.05) is 0 Å². The summed E-state index contributed by atoms with van der Waals surface area (Å²) in [7, 11) is 0. The highest BCUT2D eigenvalue weighted by Gasteiger charge is 2.22. The van der Waals surface area contributed by atoms with Gasteiger partial charge in [-0.15, -0.1) is 0 Å². The van der Waals surface area contributed by atoms with Gasteiger partial charge in [-0.3, -0.25) is 4.79 Å². The first-order chi connectivity index (χ1) is 9.81. The largest absolute Gasteiger partial charge is 0.444 e. The summed E-state index contributed by atoms with van der Waals surface area (Å²) in [5.74, 6) is 0. The Balaban J connectivity index is 2.26. The molecule has 2 rings (SSSR count). The van der Waals surface area contributed by atoms with Gasteiger partial charge in [0.25, 0.3) is 5.56 Å². The molecule has 2 aromatic heterocycles. The molecule has 21 heavy (non-hydrogen) atoms. The number of hydrogen-bond acceptors (Lipinski definition) is 5. The van der Waals surface area contributed by atoms with E-state index in [0.29, 0.717) is 11.1 Å². The highest BCUT2D eigenvalue weighted by atomic mass is 16.6. The van der Waals surface area contributed by atoms with Crippen LogP contribution in [0.2, 0.25) is 0 Å². The lowest BCUT2D eigenvalue weighted by Gasteiger charge is -2.22. The molecule has 114 valence electrons. The molecular weight excluding hydrogens is 276 g/mol. The molecule has 1 unspecified atom stereocenters. The summed E-state index contributed by atoms with van der Waals surface area (Å²) in [4.78, 5) is 32.7. The van der Waals surface area contributed by atoms with Gasteiger partial charge in [0.15, 0.2) is 0 Å². The second kappa shape index (κ2) is 5.57. The van der Waals surface area contributed by atoms with Gasteiger partial charge in [-0.05, 0) is 20.8 Å². The second-order valence-electron chi connectivity index (χ2n) is 5.58. The molecule has 0 fully saturated rings. The number of ether oxygens (including phenoxy) is 1. The molecule has 8 nitrogen and oxygen atoms in total. The number of alkyl carbamates (subject to hydrolysis) is 1. The molecule has 0 aromatic carbocycles. The molecule has 1 atom stereocenters. The van der Waals surface area contributed by atoms with E-state index in [0.717, 1.165) is 0 Å². The Morgan fingerprint density at radius 3 is 2.81 bits per heavy atom. The van der Waals surface area contributed by atoms with Gasteiger partial charge in [-0.2, -0.15) is 0 Å². The normalized spacial score (nSPS) is 13.1. The lowest BCUT2D eigenvalue weighted by molar-refractivity contribution is 0.0482. The number of carbonyl (C=O) groups excluding carboxylic acids is 1. The monoisotopic (exact) mass is 294 g/mol. The SMILES string of the molecule is CC(C)(C)OC(=O)NC(CO)c1c[nH]c2c(=O)[nH]cnc12. The molecule has 0 aliphatic heterocycles. The van der Waals surface area contributed by atoms with Crippen molar-refractivity contribution in [2.45, 2.75) is 32.4 Å². The topological polar surface area (TPSA) is 120 Å². The van der Waals surface area contributed by atoms with Crippen molar-refractivity contribution in [2.75, 3.05) is 6.61 Å². The minimum Gasteiger partial charge on any atom is -0.444 e. The first-order valence-corrected chi connectivity index (χ1v) is 6.47. The van der Waals surface area contributed by atoms with E-state index in [1.807, 2.05) is 0 Å². The van der Waals surface area contributed by atoms with Crippen LogP contribution in [0.4, 0.5) is 4.79 Å². The molecule has 2 aromatic rings. The van der Waals surface area contributed by atoms with Crippen molar-refractivity contribution in [3.8, 4) is 0 Å². The molecule has 0 radical (unpaired) electrons. The maximum absolute atomic E-state index is 11.8. The lowest BCUT2D eigenvalue weighted by atomic mass is 10.1. The molecule has 0 bridgehead atoms. The van der Waals surface area contributed by atoms with Gasteiger partial charge in [0, 0.05) is 11.8 Å². The van der Waals surface area contributed by atoms with Gasteiger partial charge in [0.05, 0.1) is 19.0 Å². The lowest BCUT2D eigenvalue weighted by Crippen LogP contribution is -2.36. The number of rotatable bonds is 3. The summed E-state index contributed by atoms with van der Waals surface area (Å²) in [6, 6.07) is -0.720.